The van der Waals surface area contributed by atoms with Crippen LogP contribution in [0.4, 0.5) is 13.2 Å². The number of alkyl halides is 3. The topological polar surface area (TPSA) is 78.7 Å². The zero-order chi connectivity index (χ0) is 22.3. The Morgan fingerprint density at radius 2 is 1.84 bits per heavy atom. The van der Waals surface area contributed by atoms with Crippen LogP contribution < -0.4 is 14.2 Å². The van der Waals surface area contributed by atoms with Gasteiger partial charge in [0.2, 0.25) is 12.6 Å². The normalized spacial score (nSPS) is 17.2. The minimum absolute atomic E-state index is 0.0526. The zero-order valence-corrected chi connectivity index (χ0v) is 16.6. The molecule has 0 aliphatic carbocycles. The molecular formula is C21H17F3N4O4. The molecule has 11 heteroatoms. The molecule has 2 aliphatic heterocycles. The van der Waals surface area contributed by atoms with Gasteiger partial charge >= 0.3 is 6.18 Å². The molecule has 166 valence electrons. The first-order chi connectivity index (χ1) is 15.4. The number of aromatic nitrogens is 3. The highest BCUT2D eigenvalue weighted by molar-refractivity contribution is 5.79. The summed E-state index contributed by atoms with van der Waals surface area (Å²) < 4.78 is 57.3. The average Bonchev–Trinajstić information content (AvgIpc) is 3.43. The van der Waals surface area contributed by atoms with Crippen molar-refractivity contribution in [1.82, 2.24) is 19.7 Å². The van der Waals surface area contributed by atoms with Gasteiger partial charge in [-0.15, -0.1) is 10.2 Å². The van der Waals surface area contributed by atoms with Crippen LogP contribution >= 0.6 is 0 Å². The Morgan fingerprint density at radius 3 is 2.62 bits per heavy atom. The van der Waals surface area contributed by atoms with E-state index >= 15 is 0 Å². The maximum atomic E-state index is 13.4. The second-order valence-electron chi connectivity index (χ2n) is 7.24. The summed E-state index contributed by atoms with van der Waals surface area (Å²) in [6.45, 7) is -0.207. The van der Waals surface area contributed by atoms with Crippen molar-refractivity contribution in [1.29, 1.82) is 0 Å². The number of amides is 1. The molecule has 3 heterocycles. The Balaban J connectivity index is 1.41. The Bertz CT molecular complexity index is 1150. The van der Waals surface area contributed by atoms with Crippen molar-refractivity contribution in [2.75, 3.05) is 19.9 Å². The summed E-state index contributed by atoms with van der Waals surface area (Å²) in [4.78, 5) is 14.5. The smallest absolute Gasteiger partial charge is 0.451 e. The van der Waals surface area contributed by atoms with Crippen LogP contribution in [0.25, 0.3) is 0 Å². The van der Waals surface area contributed by atoms with E-state index in [1.165, 1.54) is 4.90 Å². The third-order valence-corrected chi connectivity index (χ3v) is 5.30. The molecule has 5 rings (SSSR count). The van der Waals surface area contributed by atoms with E-state index in [-0.39, 0.29) is 38.2 Å². The fourth-order valence-electron chi connectivity index (χ4n) is 3.85. The number of fused-ring (bicyclic) bond motifs is 2. The van der Waals surface area contributed by atoms with Gasteiger partial charge in [0.1, 0.15) is 11.8 Å². The third kappa shape index (κ3) is 3.59. The van der Waals surface area contributed by atoms with Gasteiger partial charge < -0.3 is 23.7 Å². The number of benzene rings is 2. The van der Waals surface area contributed by atoms with Gasteiger partial charge in [-0.25, -0.2) is 0 Å². The molecule has 1 aromatic heterocycles. The van der Waals surface area contributed by atoms with Gasteiger partial charge in [0.05, 0.1) is 0 Å². The molecule has 0 spiro atoms. The van der Waals surface area contributed by atoms with Crippen molar-refractivity contribution in [3.63, 3.8) is 0 Å². The molecule has 2 aromatic carbocycles. The lowest BCUT2D eigenvalue weighted by atomic mass is 10.0. The maximum absolute atomic E-state index is 13.4. The predicted octanol–water partition coefficient (Wildman–Crippen LogP) is 3.04. The third-order valence-electron chi connectivity index (χ3n) is 5.30. The van der Waals surface area contributed by atoms with Crippen molar-refractivity contribution < 1.29 is 32.2 Å². The molecule has 0 bridgehead atoms. The Hall–Kier alpha value is -3.76. The van der Waals surface area contributed by atoms with E-state index in [1.807, 2.05) is 0 Å². The molecule has 1 unspecified atom stereocenters. The number of carbonyl (C=O) groups excluding carboxylic acids is 1. The van der Waals surface area contributed by atoms with Gasteiger partial charge in [0.25, 0.3) is 5.91 Å². The molecule has 32 heavy (non-hydrogen) atoms. The van der Waals surface area contributed by atoms with E-state index in [1.54, 1.807) is 48.5 Å². The largest absolute Gasteiger partial charge is 0.484 e. The lowest BCUT2D eigenvalue weighted by Gasteiger charge is -2.36. The quantitative estimate of drug-likeness (QED) is 0.613. The van der Waals surface area contributed by atoms with Crippen LogP contribution in [0.5, 0.6) is 17.2 Å². The number of rotatable bonds is 4. The van der Waals surface area contributed by atoms with Gasteiger partial charge in [-0.05, 0) is 17.7 Å². The number of carbonyl (C=O) groups is 1. The number of halogens is 3. The minimum atomic E-state index is -4.64. The number of ether oxygens (including phenoxy) is 3. The summed E-state index contributed by atoms with van der Waals surface area (Å²) >= 11 is 0. The Kier molecular flexibility index (Phi) is 4.87. The van der Waals surface area contributed by atoms with Gasteiger partial charge in [-0.3, -0.25) is 4.79 Å². The summed E-state index contributed by atoms with van der Waals surface area (Å²) in [6.07, 6.45) is -4.64. The molecule has 0 radical (unpaired) electrons. The molecule has 0 N–H and O–H groups in total. The monoisotopic (exact) mass is 446 g/mol. The Labute approximate surface area is 180 Å². The first kappa shape index (κ1) is 20.2. The highest BCUT2D eigenvalue weighted by Gasteiger charge is 2.43. The first-order valence-electron chi connectivity index (χ1n) is 9.79. The fraction of sp³-hybridized carbons (Fsp3) is 0.286. The van der Waals surface area contributed by atoms with E-state index in [2.05, 4.69) is 10.2 Å². The second-order valence-corrected chi connectivity index (χ2v) is 7.24. The molecule has 8 nitrogen and oxygen atoms in total. The van der Waals surface area contributed by atoms with Crippen LogP contribution in [0, 0.1) is 0 Å². The van der Waals surface area contributed by atoms with E-state index in [9.17, 15) is 18.0 Å². The highest BCUT2D eigenvalue weighted by Crippen LogP contribution is 2.37. The molecule has 0 saturated heterocycles. The van der Waals surface area contributed by atoms with Crippen LogP contribution in [0.2, 0.25) is 0 Å². The summed E-state index contributed by atoms with van der Waals surface area (Å²) in [6, 6.07) is 12.9. The van der Waals surface area contributed by atoms with E-state index in [0.717, 1.165) is 4.57 Å². The molecule has 2 aliphatic rings. The zero-order valence-electron chi connectivity index (χ0n) is 16.6. The number of nitrogens with zero attached hydrogens (tertiary/aromatic N) is 4. The summed E-state index contributed by atoms with van der Waals surface area (Å²) in [7, 11) is 0. The minimum Gasteiger partial charge on any atom is -0.484 e. The van der Waals surface area contributed by atoms with E-state index in [0.29, 0.717) is 22.8 Å². The molecule has 3 aromatic rings. The van der Waals surface area contributed by atoms with Crippen LogP contribution in [0.3, 0.4) is 0 Å². The average molecular weight is 446 g/mol. The molecule has 1 atom stereocenters. The Morgan fingerprint density at radius 1 is 1.06 bits per heavy atom. The van der Waals surface area contributed by atoms with Gasteiger partial charge in [0, 0.05) is 19.2 Å². The van der Waals surface area contributed by atoms with Crippen LogP contribution in [-0.4, -0.2) is 45.5 Å². The molecule has 1 amide bonds. The number of hydrogen-bond donors (Lipinski definition) is 0. The van der Waals surface area contributed by atoms with Crippen LogP contribution in [-0.2, 0) is 17.5 Å². The lowest BCUT2D eigenvalue weighted by molar-refractivity contribution is -0.148. The predicted molar refractivity (Wildman–Crippen MR) is 103 cm³/mol. The van der Waals surface area contributed by atoms with Crippen molar-refractivity contribution in [2.45, 2.75) is 18.8 Å². The lowest BCUT2D eigenvalue weighted by Crippen LogP contribution is -2.45. The van der Waals surface area contributed by atoms with Crippen molar-refractivity contribution >= 4 is 5.91 Å². The molecular weight excluding hydrogens is 429 g/mol. The van der Waals surface area contributed by atoms with Crippen LogP contribution in [0.1, 0.15) is 23.3 Å². The van der Waals surface area contributed by atoms with Gasteiger partial charge in [-0.2, -0.15) is 13.2 Å². The standard InChI is InChI=1S/C21H17F3N4O4/c22-21(23,24)20-26-25-19-18(13-4-2-1-3-5-13)27(8-9-28(19)20)17(29)11-30-14-6-7-15-16(10-14)32-12-31-15/h1-7,10,18H,8-9,11-12H2. The summed E-state index contributed by atoms with van der Waals surface area (Å²) in [5.41, 5.74) is 0.631. The van der Waals surface area contributed by atoms with Crippen LogP contribution in [0.15, 0.2) is 48.5 Å². The fourth-order valence-corrected chi connectivity index (χ4v) is 3.85. The summed E-state index contributed by atoms with van der Waals surface area (Å²) in [5.74, 6) is 0.118. The summed E-state index contributed by atoms with van der Waals surface area (Å²) in [5, 5.41) is 7.16. The van der Waals surface area contributed by atoms with Crippen molar-refractivity contribution in [2.24, 2.45) is 0 Å². The SMILES string of the molecule is O=C(COc1ccc2c(c1)OCO2)N1CCn2c(nnc2C(F)(F)F)C1c1ccccc1. The first-order valence-corrected chi connectivity index (χ1v) is 9.79. The van der Waals surface area contributed by atoms with E-state index < -0.39 is 18.0 Å². The van der Waals surface area contributed by atoms with Crippen molar-refractivity contribution in [3.8, 4) is 17.2 Å². The second kappa shape index (κ2) is 7.74. The number of hydrogen-bond acceptors (Lipinski definition) is 6. The molecule has 0 fully saturated rings. The highest BCUT2D eigenvalue weighted by atomic mass is 19.4. The molecule has 0 saturated carbocycles. The maximum Gasteiger partial charge on any atom is 0.451 e. The van der Waals surface area contributed by atoms with Gasteiger partial charge in [0.15, 0.2) is 23.9 Å². The van der Waals surface area contributed by atoms with E-state index in [4.69, 9.17) is 14.2 Å². The van der Waals surface area contributed by atoms with Crippen molar-refractivity contribution in [3.05, 3.63) is 65.7 Å². The van der Waals surface area contributed by atoms with Gasteiger partial charge in [-0.1, -0.05) is 30.3 Å².